The maximum absolute atomic E-state index is 5.09. The fourth-order valence-corrected chi connectivity index (χ4v) is 1.00. The Hall–Kier alpha value is -0.127. The van der Waals surface area contributed by atoms with Gasteiger partial charge in [0.15, 0.2) is 0 Å². The summed E-state index contributed by atoms with van der Waals surface area (Å²) in [6.07, 6.45) is 25.3. The van der Waals surface area contributed by atoms with E-state index in [-0.39, 0.29) is 38.6 Å². The van der Waals surface area contributed by atoms with Gasteiger partial charge in [-0.05, 0) is 0 Å². The molecule has 18 heavy (non-hydrogen) atoms. The number of hydrogen-bond acceptors (Lipinski definition) is 0. The molecule has 0 radical (unpaired) electrons. The minimum absolute atomic E-state index is 0. The van der Waals surface area contributed by atoms with Crippen molar-refractivity contribution in [3.63, 3.8) is 0 Å². The molecule has 0 spiro atoms. The molecule has 0 unspecified atom stereocenters. The van der Waals surface area contributed by atoms with Crippen molar-refractivity contribution < 1.29 is 38.6 Å². The summed E-state index contributed by atoms with van der Waals surface area (Å²) in [5, 5.41) is 0. The number of rotatable bonds is 3. The van der Waals surface area contributed by atoms with E-state index in [1.807, 2.05) is 24.3 Å². The van der Waals surface area contributed by atoms with Gasteiger partial charge in [0.1, 0.15) is 0 Å². The normalized spacial score (nSPS) is 12.5. The summed E-state index contributed by atoms with van der Waals surface area (Å²) in [4.78, 5) is 0. The minimum atomic E-state index is 0. The molecule has 0 fully saturated rings. The van der Waals surface area contributed by atoms with E-state index in [2.05, 4.69) is 31.2 Å². The van der Waals surface area contributed by atoms with Crippen LogP contribution in [0.1, 0.15) is 39.0 Å². The summed E-state index contributed by atoms with van der Waals surface area (Å²) in [5.41, 5.74) is 0. The molecule has 96 valence electrons. The average molecular weight is 340 g/mol. The van der Waals surface area contributed by atoms with E-state index in [0.717, 1.165) is 19.3 Å². The first-order valence-electron chi connectivity index (χ1n) is 5.88. The van der Waals surface area contributed by atoms with E-state index in [1.165, 1.54) is 12.8 Å². The summed E-state index contributed by atoms with van der Waals surface area (Å²) < 4.78 is 0. The van der Waals surface area contributed by atoms with E-state index in [9.17, 15) is 0 Å². The van der Waals surface area contributed by atoms with Crippen molar-refractivity contribution in [3.05, 3.63) is 61.3 Å². The molecule has 0 bridgehead atoms. The topological polar surface area (TPSA) is 0 Å². The molecular formula is C16H21ClZr. The first-order valence-corrected chi connectivity index (χ1v) is 5.88. The zero-order valence-corrected chi connectivity index (χ0v) is 14.2. The van der Waals surface area contributed by atoms with E-state index in [4.69, 9.17) is 6.58 Å². The van der Waals surface area contributed by atoms with Crippen molar-refractivity contribution >= 4 is 0 Å². The van der Waals surface area contributed by atoms with Gasteiger partial charge in [0, 0.05) is 0 Å². The summed E-state index contributed by atoms with van der Waals surface area (Å²) in [6, 6.07) is 0. The number of halogens is 1. The molecule has 0 amide bonds. The van der Waals surface area contributed by atoms with Crippen LogP contribution in [0.3, 0.4) is 0 Å². The Balaban J connectivity index is -0.000000178. The van der Waals surface area contributed by atoms with Crippen molar-refractivity contribution in [3.8, 4) is 0 Å². The van der Waals surface area contributed by atoms with E-state index in [1.54, 1.807) is 6.08 Å². The Morgan fingerprint density at radius 3 is 1.72 bits per heavy atom. The summed E-state index contributed by atoms with van der Waals surface area (Å²) in [6.45, 7) is 7.25. The molecule has 0 aromatic carbocycles. The van der Waals surface area contributed by atoms with E-state index < -0.39 is 0 Å². The van der Waals surface area contributed by atoms with Crippen molar-refractivity contribution in [2.24, 2.45) is 0 Å². The van der Waals surface area contributed by atoms with Gasteiger partial charge in [-0.2, -0.15) is 12.2 Å². The molecule has 0 heterocycles. The summed E-state index contributed by atoms with van der Waals surface area (Å²) in [5.74, 6) is 0. The Morgan fingerprint density at radius 2 is 1.61 bits per heavy atom. The largest absolute Gasteiger partial charge is 4.00 e. The zero-order chi connectivity index (χ0) is 11.9. The molecule has 2 aliphatic carbocycles. The summed E-state index contributed by atoms with van der Waals surface area (Å²) >= 11 is 0. The molecule has 0 saturated heterocycles. The fraction of sp³-hybridized carbons (Fsp3) is 0.375. The maximum atomic E-state index is 5.09. The van der Waals surface area contributed by atoms with Crippen molar-refractivity contribution in [1.29, 1.82) is 0 Å². The first kappa shape index (κ1) is 23.0. The monoisotopic (exact) mass is 338 g/mol. The molecule has 2 rings (SSSR count). The number of allylic oxidation sites excluding steroid dienone is 9. The van der Waals surface area contributed by atoms with Crippen LogP contribution < -0.4 is 12.4 Å². The van der Waals surface area contributed by atoms with Crippen LogP contribution in [0, 0.1) is 18.7 Å². The smallest absolute Gasteiger partial charge is 1.00 e. The molecule has 0 aromatic rings. The summed E-state index contributed by atoms with van der Waals surface area (Å²) in [7, 11) is 0. The molecule has 0 atom stereocenters. The van der Waals surface area contributed by atoms with Crippen molar-refractivity contribution in [2.75, 3.05) is 0 Å². The van der Waals surface area contributed by atoms with E-state index >= 15 is 0 Å². The second kappa shape index (κ2) is 22.1. The molecule has 2 heteroatoms. The average Bonchev–Trinajstić information content (AvgIpc) is 3.00. The van der Waals surface area contributed by atoms with Gasteiger partial charge in [-0.15, -0.1) is 12.8 Å². The van der Waals surface area contributed by atoms with Crippen LogP contribution in [0.4, 0.5) is 0 Å². The number of hydrogen-bond donors (Lipinski definition) is 0. The van der Waals surface area contributed by atoms with Gasteiger partial charge in [-0.1, -0.05) is 26.2 Å². The molecule has 0 saturated carbocycles. The van der Waals surface area contributed by atoms with Crippen LogP contribution >= 0.6 is 0 Å². The Labute approximate surface area is 138 Å². The van der Waals surface area contributed by atoms with Crippen molar-refractivity contribution in [1.82, 2.24) is 0 Å². The van der Waals surface area contributed by atoms with Crippen LogP contribution in [0.25, 0.3) is 0 Å². The van der Waals surface area contributed by atoms with Crippen molar-refractivity contribution in [2.45, 2.75) is 39.0 Å². The van der Waals surface area contributed by atoms with Crippen LogP contribution in [0.15, 0.2) is 42.5 Å². The Bertz CT molecular complexity index is 220. The molecule has 0 aliphatic heterocycles. The van der Waals surface area contributed by atoms with E-state index in [0.29, 0.717) is 0 Å². The van der Waals surface area contributed by atoms with Gasteiger partial charge in [0.05, 0.1) is 0 Å². The van der Waals surface area contributed by atoms with Gasteiger partial charge in [-0.25, -0.2) is 24.3 Å². The van der Waals surface area contributed by atoms with Crippen LogP contribution in [-0.4, -0.2) is 0 Å². The second-order valence-electron chi connectivity index (χ2n) is 3.38. The number of unbranched alkanes of at least 4 members (excludes halogenated alkanes) is 2. The minimum Gasteiger partial charge on any atom is -1.00 e. The first-order chi connectivity index (χ1) is 7.91. The Kier molecular flexibility index (Phi) is 28.2. The molecule has 0 N–H and O–H groups in total. The van der Waals surface area contributed by atoms with Gasteiger partial charge in [0.25, 0.3) is 0 Å². The second-order valence-corrected chi connectivity index (χ2v) is 3.38. The quantitative estimate of drug-likeness (QED) is 0.543. The zero-order valence-electron chi connectivity index (χ0n) is 11.0. The molecule has 0 aromatic heterocycles. The third-order valence-corrected chi connectivity index (χ3v) is 1.90. The van der Waals surface area contributed by atoms with Crippen LogP contribution in [0.5, 0.6) is 0 Å². The SMILES string of the molecule is [C-]1=CC=CC1.[C-]1=CC=CC1.[CH-]=CCCCC.[Cl-].[Zr+4]. The van der Waals surface area contributed by atoms with Crippen LogP contribution in [0.2, 0.25) is 0 Å². The third-order valence-electron chi connectivity index (χ3n) is 1.90. The fourth-order valence-electron chi connectivity index (χ4n) is 1.00. The third kappa shape index (κ3) is 21.2. The molecular weight excluding hydrogens is 319 g/mol. The van der Waals surface area contributed by atoms with Gasteiger partial charge in [-0.3, -0.25) is 18.2 Å². The Morgan fingerprint density at radius 1 is 1.11 bits per heavy atom. The maximum Gasteiger partial charge on any atom is 4.00 e. The predicted octanol–water partition coefficient (Wildman–Crippen LogP) is 1.78. The van der Waals surface area contributed by atoms with Crippen LogP contribution in [-0.2, 0) is 26.2 Å². The van der Waals surface area contributed by atoms with Gasteiger partial charge < -0.3 is 19.0 Å². The molecule has 0 nitrogen and oxygen atoms in total. The standard InChI is InChI=1S/C6H11.2C5H5.ClH.Zr/c1-3-5-6-4-2;2*1-2-4-5-3-1;;/h1,3H,4-6H2,2H3;2*1-3H,4H2;1H;/q3*-1;;+4/p-1. The molecule has 2 aliphatic rings. The predicted molar refractivity (Wildman–Crippen MR) is 71.5 cm³/mol. The van der Waals surface area contributed by atoms with Gasteiger partial charge in [0.2, 0.25) is 0 Å². The van der Waals surface area contributed by atoms with Gasteiger partial charge >= 0.3 is 26.2 Å².